The molecule has 0 aliphatic carbocycles. The smallest absolute Gasteiger partial charge is 0.187 e. The van der Waals surface area contributed by atoms with E-state index in [1.54, 1.807) is 7.05 Å². The molecule has 90 valence electrons. The largest absolute Gasteiger partial charge is 0.506 e. The Labute approximate surface area is 101 Å². The third-order valence-corrected chi connectivity index (χ3v) is 2.66. The second-order valence-corrected chi connectivity index (χ2v) is 3.81. The van der Waals surface area contributed by atoms with Crippen molar-refractivity contribution in [1.29, 1.82) is 0 Å². The van der Waals surface area contributed by atoms with Crippen LogP contribution in [0, 0.1) is 5.82 Å². The van der Waals surface area contributed by atoms with Gasteiger partial charge in [0.1, 0.15) is 11.6 Å². The summed E-state index contributed by atoms with van der Waals surface area (Å²) in [6, 6.07) is 4.02. The predicted octanol–water partition coefficient (Wildman–Crippen LogP) is 1.27. The number of aromatic nitrogens is 5. The van der Waals surface area contributed by atoms with E-state index in [1.165, 1.54) is 29.1 Å². The Balaban J connectivity index is 2.32. The van der Waals surface area contributed by atoms with Crippen molar-refractivity contribution < 1.29 is 9.50 Å². The number of benzene rings is 1. The van der Waals surface area contributed by atoms with E-state index in [4.69, 9.17) is 0 Å². The molecule has 0 unspecified atom stereocenters. The monoisotopic (exact) mass is 245 g/mol. The lowest BCUT2D eigenvalue weighted by molar-refractivity contribution is 0.481. The first-order valence-electron chi connectivity index (χ1n) is 5.17. The summed E-state index contributed by atoms with van der Waals surface area (Å²) in [6.07, 6.45) is 1.46. The van der Waals surface area contributed by atoms with Crippen molar-refractivity contribution in [2.75, 3.05) is 0 Å². The molecule has 18 heavy (non-hydrogen) atoms. The van der Waals surface area contributed by atoms with E-state index >= 15 is 0 Å². The van der Waals surface area contributed by atoms with Gasteiger partial charge < -0.3 is 5.11 Å². The lowest BCUT2D eigenvalue weighted by atomic mass is 10.1. The molecular weight excluding hydrogens is 237 g/mol. The van der Waals surface area contributed by atoms with Gasteiger partial charge in [0.05, 0.1) is 11.1 Å². The van der Waals surface area contributed by atoms with E-state index in [9.17, 15) is 9.50 Å². The first kappa shape index (κ1) is 10.6. The second-order valence-electron chi connectivity index (χ2n) is 3.81. The van der Waals surface area contributed by atoms with Gasteiger partial charge >= 0.3 is 0 Å². The predicted molar refractivity (Wildman–Crippen MR) is 61.2 cm³/mol. The Morgan fingerprint density at radius 3 is 2.89 bits per heavy atom. The van der Waals surface area contributed by atoms with Gasteiger partial charge in [-0.2, -0.15) is 0 Å². The molecule has 0 saturated carbocycles. The molecule has 3 aromatic rings. The standard InChI is InChI=1S/C11H8FN5O/c1-17-11(14-15-16-17)8-5-13-9-3-2-6(12)4-7(9)10(8)18/h2-5H,1H3,(H,13,18). The summed E-state index contributed by atoms with van der Waals surface area (Å²) >= 11 is 0. The van der Waals surface area contributed by atoms with E-state index in [0.717, 1.165) is 0 Å². The highest BCUT2D eigenvalue weighted by Crippen LogP contribution is 2.33. The number of pyridine rings is 1. The normalized spacial score (nSPS) is 11.0. The molecule has 0 atom stereocenters. The Kier molecular flexibility index (Phi) is 2.19. The molecule has 3 rings (SSSR count). The molecule has 0 aliphatic heterocycles. The molecule has 0 saturated heterocycles. The molecule has 0 bridgehead atoms. The third kappa shape index (κ3) is 1.48. The molecule has 0 radical (unpaired) electrons. The fourth-order valence-corrected chi connectivity index (χ4v) is 1.77. The number of hydrogen-bond donors (Lipinski definition) is 1. The van der Waals surface area contributed by atoms with Crippen LogP contribution in [0.4, 0.5) is 4.39 Å². The summed E-state index contributed by atoms with van der Waals surface area (Å²) in [4.78, 5) is 4.14. The average molecular weight is 245 g/mol. The molecule has 0 spiro atoms. The first-order valence-corrected chi connectivity index (χ1v) is 5.17. The summed E-state index contributed by atoms with van der Waals surface area (Å²) in [5.41, 5.74) is 0.869. The molecule has 0 amide bonds. The second kappa shape index (κ2) is 3.73. The molecule has 7 heteroatoms. The molecule has 2 heterocycles. The number of aryl methyl sites for hydroxylation is 1. The molecular formula is C11H8FN5O. The molecule has 2 aromatic heterocycles. The van der Waals surface area contributed by atoms with Crippen LogP contribution in [0.3, 0.4) is 0 Å². The SMILES string of the molecule is Cn1nnnc1-c1cnc2ccc(F)cc2c1O. The minimum Gasteiger partial charge on any atom is -0.506 e. The lowest BCUT2D eigenvalue weighted by Crippen LogP contribution is -1.96. The highest BCUT2D eigenvalue weighted by atomic mass is 19.1. The van der Waals surface area contributed by atoms with Gasteiger partial charge in [0, 0.05) is 18.6 Å². The maximum absolute atomic E-state index is 13.2. The van der Waals surface area contributed by atoms with Gasteiger partial charge in [-0.3, -0.25) is 4.98 Å². The van der Waals surface area contributed by atoms with E-state index in [1.807, 2.05) is 0 Å². The van der Waals surface area contributed by atoms with Crippen molar-refractivity contribution in [3.8, 4) is 17.1 Å². The van der Waals surface area contributed by atoms with Crippen molar-refractivity contribution in [3.63, 3.8) is 0 Å². The fourth-order valence-electron chi connectivity index (χ4n) is 1.77. The van der Waals surface area contributed by atoms with Crippen LogP contribution in [-0.2, 0) is 7.05 Å². The number of nitrogens with zero attached hydrogens (tertiary/aromatic N) is 5. The minimum absolute atomic E-state index is 0.0857. The van der Waals surface area contributed by atoms with Gasteiger partial charge in [0.25, 0.3) is 0 Å². The Bertz CT molecular complexity index is 739. The zero-order valence-electron chi connectivity index (χ0n) is 9.37. The lowest BCUT2D eigenvalue weighted by Gasteiger charge is -2.05. The zero-order valence-corrected chi connectivity index (χ0v) is 9.37. The summed E-state index contributed by atoms with van der Waals surface area (Å²) in [5.74, 6) is -0.156. The van der Waals surface area contributed by atoms with Gasteiger partial charge in [-0.25, -0.2) is 9.07 Å². The summed E-state index contributed by atoms with van der Waals surface area (Å²) in [6.45, 7) is 0. The van der Waals surface area contributed by atoms with Gasteiger partial charge in [-0.05, 0) is 28.6 Å². The maximum atomic E-state index is 13.2. The van der Waals surface area contributed by atoms with E-state index in [-0.39, 0.29) is 5.75 Å². The van der Waals surface area contributed by atoms with Gasteiger partial charge in [-0.15, -0.1) is 5.10 Å². The molecule has 6 nitrogen and oxygen atoms in total. The Morgan fingerprint density at radius 2 is 2.17 bits per heavy atom. The quantitative estimate of drug-likeness (QED) is 0.698. The molecule has 1 N–H and O–H groups in total. The van der Waals surface area contributed by atoms with Crippen molar-refractivity contribution in [1.82, 2.24) is 25.2 Å². The number of halogens is 1. The number of tetrazole rings is 1. The van der Waals surface area contributed by atoms with Crippen LogP contribution in [0.2, 0.25) is 0 Å². The molecule has 0 fully saturated rings. The zero-order chi connectivity index (χ0) is 12.7. The van der Waals surface area contributed by atoms with Crippen LogP contribution in [0.15, 0.2) is 24.4 Å². The van der Waals surface area contributed by atoms with Crippen LogP contribution in [-0.4, -0.2) is 30.3 Å². The van der Waals surface area contributed by atoms with Crippen LogP contribution >= 0.6 is 0 Å². The van der Waals surface area contributed by atoms with E-state index in [2.05, 4.69) is 20.5 Å². The van der Waals surface area contributed by atoms with Crippen LogP contribution < -0.4 is 0 Å². The van der Waals surface area contributed by atoms with Crippen molar-refractivity contribution >= 4 is 10.9 Å². The summed E-state index contributed by atoms with van der Waals surface area (Å²) in [5, 5.41) is 21.4. The number of hydrogen-bond acceptors (Lipinski definition) is 5. The first-order chi connectivity index (χ1) is 8.66. The van der Waals surface area contributed by atoms with Crippen molar-refractivity contribution in [2.45, 2.75) is 0 Å². The fraction of sp³-hybridized carbons (Fsp3) is 0.0909. The topological polar surface area (TPSA) is 76.7 Å². The number of aromatic hydroxyl groups is 1. The van der Waals surface area contributed by atoms with Crippen molar-refractivity contribution in [2.24, 2.45) is 7.05 Å². The Hall–Kier alpha value is -2.57. The molecule has 0 aliphatic rings. The highest BCUT2D eigenvalue weighted by Gasteiger charge is 2.14. The maximum Gasteiger partial charge on any atom is 0.187 e. The van der Waals surface area contributed by atoms with E-state index < -0.39 is 5.82 Å². The third-order valence-electron chi connectivity index (χ3n) is 2.66. The average Bonchev–Trinajstić information content (AvgIpc) is 2.77. The van der Waals surface area contributed by atoms with Crippen LogP contribution in [0.1, 0.15) is 0 Å². The van der Waals surface area contributed by atoms with Crippen molar-refractivity contribution in [3.05, 3.63) is 30.2 Å². The van der Waals surface area contributed by atoms with Crippen LogP contribution in [0.25, 0.3) is 22.3 Å². The van der Waals surface area contributed by atoms with Gasteiger partial charge in [0.2, 0.25) is 0 Å². The molecule has 1 aromatic carbocycles. The van der Waals surface area contributed by atoms with Gasteiger partial charge in [-0.1, -0.05) is 0 Å². The van der Waals surface area contributed by atoms with Crippen LogP contribution in [0.5, 0.6) is 5.75 Å². The number of rotatable bonds is 1. The summed E-state index contributed by atoms with van der Waals surface area (Å²) < 4.78 is 14.6. The van der Waals surface area contributed by atoms with E-state index in [0.29, 0.717) is 22.3 Å². The summed E-state index contributed by atoms with van der Waals surface area (Å²) in [7, 11) is 1.64. The highest BCUT2D eigenvalue weighted by molar-refractivity contribution is 5.90. The minimum atomic E-state index is -0.437. The number of fused-ring (bicyclic) bond motifs is 1. The Morgan fingerprint density at radius 1 is 1.33 bits per heavy atom. The van der Waals surface area contributed by atoms with Gasteiger partial charge in [0.15, 0.2) is 5.82 Å².